The van der Waals surface area contributed by atoms with Crippen molar-refractivity contribution in [1.29, 1.82) is 0 Å². The topological polar surface area (TPSA) is 131 Å². The van der Waals surface area contributed by atoms with Crippen molar-refractivity contribution >= 4 is 52.4 Å². The third-order valence-corrected chi connectivity index (χ3v) is 6.05. The molecule has 0 radical (unpaired) electrons. The Morgan fingerprint density at radius 3 is 2.74 bits per heavy atom. The number of aliphatic imine (C=N–C) groups is 1. The van der Waals surface area contributed by atoms with Crippen LogP contribution in [0.5, 0.6) is 0 Å². The summed E-state index contributed by atoms with van der Waals surface area (Å²) in [5.41, 5.74) is 1.85. The normalized spacial score (nSPS) is 15.1. The van der Waals surface area contributed by atoms with Crippen LogP contribution >= 0.6 is 11.6 Å². The van der Waals surface area contributed by atoms with Gasteiger partial charge in [-0.25, -0.2) is 19.2 Å². The molecule has 1 aliphatic heterocycles. The van der Waals surface area contributed by atoms with Crippen molar-refractivity contribution in [2.45, 2.75) is 13.0 Å². The summed E-state index contributed by atoms with van der Waals surface area (Å²) in [5, 5.41) is 9.04. The minimum absolute atomic E-state index is 0.0128. The molecule has 3 heterocycles. The van der Waals surface area contributed by atoms with Crippen molar-refractivity contribution in [1.82, 2.24) is 15.3 Å². The Hall–Kier alpha value is -4.77. The van der Waals surface area contributed by atoms with Crippen LogP contribution in [0.2, 0.25) is 5.02 Å². The van der Waals surface area contributed by atoms with E-state index in [4.69, 9.17) is 20.8 Å². The van der Waals surface area contributed by atoms with Crippen LogP contribution in [-0.2, 0) is 9.53 Å². The fourth-order valence-corrected chi connectivity index (χ4v) is 4.19. The minimum Gasteiger partial charge on any atom is -0.465 e. The van der Waals surface area contributed by atoms with Crippen molar-refractivity contribution in [2.24, 2.45) is 4.99 Å². The lowest BCUT2D eigenvalue weighted by Crippen LogP contribution is -2.37. The molecule has 192 valence electrons. The summed E-state index contributed by atoms with van der Waals surface area (Å²) in [7, 11) is 1.26. The first-order chi connectivity index (χ1) is 18.3. The largest absolute Gasteiger partial charge is 0.465 e. The second-order valence-corrected chi connectivity index (χ2v) is 8.58. The zero-order valence-corrected chi connectivity index (χ0v) is 20.8. The maximum Gasteiger partial charge on any atom is 0.338 e. The SMILES string of the molecule is COC(=O)c1ccnc(NC(=O)C2=C(C)NC(Nc3nc4c(F)cccc4o3)=NC2c2ccccc2Cl)c1. The molecular weight excluding hydrogens is 515 g/mol. The number of nitrogens with zero attached hydrogens (tertiary/aromatic N) is 3. The molecule has 0 spiro atoms. The Bertz CT molecular complexity index is 1630. The molecule has 2 aromatic carbocycles. The van der Waals surface area contributed by atoms with E-state index in [1.54, 1.807) is 37.3 Å². The Balaban J connectivity index is 1.48. The van der Waals surface area contributed by atoms with Crippen LogP contribution in [-0.4, -0.2) is 34.9 Å². The van der Waals surface area contributed by atoms with Gasteiger partial charge in [0.2, 0.25) is 5.96 Å². The second-order valence-electron chi connectivity index (χ2n) is 8.17. The van der Waals surface area contributed by atoms with Gasteiger partial charge in [0.25, 0.3) is 5.91 Å². The third-order valence-electron chi connectivity index (χ3n) is 5.70. The van der Waals surface area contributed by atoms with Crippen LogP contribution in [0.3, 0.4) is 0 Å². The molecule has 12 heteroatoms. The molecule has 0 aliphatic carbocycles. The number of hydrogen-bond donors (Lipinski definition) is 3. The van der Waals surface area contributed by atoms with Crippen molar-refractivity contribution in [2.75, 3.05) is 17.7 Å². The smallest absolute Gasteiger partial charge is 0.338 e. The van der Waals surface area contributed by atoms with E-state index in [9.17, 15) is 14.0 Å². The molecule has 1 aliphatic rings. The number of amides is 1. The van der Waals surface area contributed by atoms with E-state index < -0.39 is 23.7 Å². The zero-order valence-electron chi connectivity index (χ0n) is 20.1. The highest BCUT2D eigenvalue weighted by molar-refractivity contribution is 6.31. The number of carbonyl (C=O) groups is 2. The van der Waals surface area contributed by atoms with E-state index in [1.165, 1.54) is 37.6 Å². The third kappa shape index (κ3) is 4.91. The van der Waals surface area contributed by atoms with Gasteiger partial charge in [0.15, 0.2) is 11.4 Å². The number of anilines is 2. The lowest BCUT2D eigenvalue weighted by Gasteiger charge is -2.26. The lowest BCUT2D eigenvalue weighted by molar-refractivity contribution is -0.113. The molecule has 0 saturated heterocycles. The summed E-state index contributed by atoms with van der Waals surface area (Å²) in [5.74, 6) is -1.24. The number of aromatic nitrogens is 2. The van der Waals surface area contributed by atoms with Crippen LogP contribution in [0.25, 0.3) is 11.1 Å². The molecule has 38 heavy (non-hydrogen) atoms. The number of para-hydroxylation sites is 1. The maximum absolute atomic E-state index is 14.1. The van der Waals surface area contributed by atoms with Gasteiger partial charge in [-0.15, -0.1) is 0 Å². The van der Waals surface area contributed by atoms with Crippen molar-refractivity contribution in [3.63, 3.8) is 0 Å². The molecule has 0 saturated carbocycles. The molecular formula is C26H20ClFN6O4. The number of allylic oxidation sites excluding steroid dienone is 1. The molecule has 3 N–H and O–H groups in total. The van der Waals surface area contributed by atoms with Crippen LogP contribution in [0.1, 0.15) is 28.9 Å². The Morgan fingerprint density at radius 2 is 1.97 bits per heavy atom. The maximum atomic E-state index is 14.1. The van der Waals surface area contributed by atoms with Gasteiger partial charge in [-0.1, -0.05) is 35.9 Å². The molecule has 1 atom stereocenters. The lowest BCUT2D eigenvalue weighted by atomic mass is 9.95. The first-order valence-electron chi connectivity index (χ1n) is 11.3. The van der Waals surface area contributed by atoms with Gasteiger partial charge in [0.1, 0.15) is 17.4 Å². The highest BCUT2D eigenvalue weighted by Crippen LogP contribution is 2.35. The number of oxazole rings is 1. The Morgan fingerprint density at radius 1 is 1.16 bits per heavy atom. The molecule has 10 nitrogen and oxygen atoms in total. The predicted octanol–water partition coefficient (Wildman–Crippen LogP) is 4.83. The van der Waals surface area contributed by atoms with Crippen molar-refractivity contribution < 1.29 is 23.1 Å². The van der Waals surface area contributed by atoms with Gasteiger partial charge in [-0.05, 0) is 37.3 Å². The summed E-state index contributed by atoms with van der Waals surface area (Å²) in [6.07, 6.45) is 1.39. The number of rotatable bonds is 5. The number of ether oxygens (including phenoxy) is 1. The minimum atomic E-state index is -0.836. The number of guanidine groups is 1. The highest BCUT2D eigenvalue weighted by Gasteiger charge is 2.31. The van der Waals surface area contributed by atoms with Gasteiger partial charge >= 0.3 is 12.0 Å². The zero-order chi connectivity index (χ0) is 26.8. The predicted molar refractivity (Wildman–Crippen MR) is 139 cm³/mol. The van der Waals surface area contributed by atoms with E-state index in [1.807, 2.05) is 0 Å². The van der Waals surface area contributed by atoms with E-state index in [2.05, 4.69) is 30.9 Å². The molecule has 0 fully saturated rings. The number of nitrogens with one attached hydrogen (secondary N) is 3. The number of methoxy groups -OCH3 is 1. The number of hydrogen-bond acceptors (Lipinski definition) is 9. The summed E-state index contributed by atoms with van der Waals surface area (Å²) in [6, 6.07) is 13.4. The average Bonchev–Trinajstić information content (AvgIpc) is 3.32. The first-order valence-corrected chi connectivity index (χ1v) is 11.7. The van der Waals surface area contributed by atoms with Crippen LogP contribution in [0, 0.1) is 5.82 Å². The first kappa shape index (κ1) is 24.9. The molecule has 5 rings (SSSR count). The van der Waals surface area contributed by atoms with Crippen LogP contribution < -0.4 is 16.0 Å². The van der Waals surface area contributed by atoms with Gasteiger partial charge in [-0.2, -0.15) is 4.98 Å². The molecule has 4 aromatic rings. The van der Waals surface area contributed by atoms with Gasteiger partial charge in [0, 0.05) is 22.5 Å². The molecule has 1 unspecified atom stereocenters. The number of fused-ring (bicyclic) bond motifs is 1. The number of pyridine rings is 1. The Labute approximate surface area is 220 Å². The van der Waals surface area contributed by atoms with Gasteiger partial charge < -0.3 is 19.8 Å². The quantitative estimate of drug-likeness (QED) is 0.310. The fraction of sp³-hybridized carbons (Fsp3) is 0.115. The average molecular weight is 535 g/mol. The van der Waals surface area contributed by atoms with Crippen LogP contribution in [0.15, 0.2) is 81.5 Å². The van der Waals surface area contributed by atoms with Gasteiger partial charge in [-0.3, -0.25) is 10.1 Å². The van der Waals surface area contributed by atoms with E-state index in [0.717, 1.165) is 0 Å². The van der Waals surface area contributed by atoms with E-state index >= 15 is 0 Å². The summed E-state index contributed by atoms with van der Waals surface area (Å²) in [6.45, 7) is 1.69. The summed E-state index contributed by atoms with van der Waals surface area (Å²) < 4.78 is 24.4. The fourth-order valence-electron chi connectivity index (χ4n) is 3.95. The molecule has 2 aromatic heterocycles. The summed E-state index contributed by atoms with van der Waals surface area (Å²) in [4.78, 5) is 38.3. The second kappa shape index (κ2) is 10.3. The number of esters is 1. The Kier molecular flexibility index (Phi) is 6.75. The van der Waals surface area contributed by atoms with Gasteiger partial charge in [0.05, 0.1) is 18.2 Å². The number of benzene rings is 2. The van der Waals surface area contributed by atoms with Crippen LogP contribution in [0.4, 0.5) is 16.2 Å². The molecule has 0 bridgehead atoms. The van der Waals surface area contributed by atoms with Crippen molar-refractivity contribution in [3.05, 3.63) is 94.0 Å². The van der Waals surface area contributed by atoms with E-state index in [-0.39, 0.29) is 40.0 Å². The van der Waals surface area contributed by atoms with E-state index in [0.29, 0.717) is 16.3 Å². The standard InChI is InChI=1S/C26H20ClFN6O4/c1-13-20(23(35)31-19-12-14(10-11-29-19)24(36)37-2)21(15-6-3-4-7-16(15)27)32-25(30-13)34-26-33-22-17(28)8-5-9-18(22)38-26/h3-12,21H,1-2H3,(H,29,31,35)(H2,30,32,33,34). The number of carbonyl (C=O) groups excluding carboxylic acids is 2. The monoisotopic (exact) mass is 534 g/mol. The van der Waals surface area contributed by atoms with Crippen molar-refractivity contribution in [3.8, 4) is 0 Å². The molecule has 1 amide bonds. The highest BCUT2D eigenvalue weighted by atomic mass is 35.5. The number of halogens is 2. The summed E-state index contributed by atoms with van der Waals surface area (Å²) >= 11 is 6.49.